The van der Waals surface area contributed by atoms with Crippen molar-refractivity contribution in [3.8, 4) is 0 Å². The molecule has 0 unspecified atom stereocenters. The van der Waals surface area contributed by atoms with Crippen molar-refractivity contribution in [1.29, 1.82) is 0 Å². The fraction of sp³-hybridized carbons (Fsp3) is 0.600. The molecule has 82 valence electrons. The van der Waals surface area contributed by atoms with Gasteiger partial charge in [0.25, 0.3) is 0 Å². The van der Waals surface area contributed by atoms with E-state index in [-0.39, 0.29) is 19.0 Å². The fourth-order valence-corrected chi connectivity index (χ4v) is 0.262. The van der Waals surface area contributed by atoms with E-state index in [2.05, 4.69) is 11.3 Å². The number of rotatable bonds is 4. The Bertz CT molecular complexity index is 196. The van der Waals surface area contributed by atoms with Gasteiger partial charge in [0.2, 0.25) is 0 Å². The number of ketones is 1. The van der Waals surface area contributed by atoms with Crippen LogP contribution < -0.4 is 0 Å². The Hall–Kier alpha value is -1.16. The number of Topliss-reactive ketones (excluding diaryl/α,β-unsaturated/α-hetero) is 1. The van der Waals surface area contributed by atoms with E-state index >= 15 is 0 Å². The highest BCUT2D eigenvalue weighted by atomic mass is 16.5. The number of ether oxygens (including phenoxy) is 1. The van der Waals surface area contributed by atoms with Crippen LogP contribution in [0.5, 0.6) is 0 Å². The second kappa shape index (κ2) is 9.92. The molecule has 1 N–H and O–H groups in total. The van der Waals surface area contributed by atoms with E-state index < -0.39 is 5.97 Å². The van der Waals surface area contributed by atoms with E-state index in [4.69, 9.17) is 5.11 Å². The van der Waals surface area contributed by atoms with E-state index in [0.717, 1.165) is 0 Å². The molecule has 0 bridgehead atoms. The quantitative estimate of drug-likeness (QED) is 0.547. The van der Waals surface area contributed by atoms with Crippen molar-refractivity contribution in [2.75, 3.05) is 13.2 Å². The highest BCUT2D eigenvalue weighted by Crippen LogP contribution is 1.89. The third kappa shape index (κ3) is 13.4. The molecule has 4 heteroatoms. The Morgan fingerprint density at radius 1 is 1.36 bits per heavy atom. The number of aliphatic hydroxyl groups is 1. The summed E-state index contributed by atoms with van der Waals surface area (Å²) in [5.41, 5.74) is 0.350. The Morgan fingerprint density at radius 2 is 1.79 bits per heavy atom. The van der Waals surface area contributed by atoms with Crippen LogP contribution in [0.25, 0.3) is 0 Å². The van der Waals surface area contributed by atoms with Gasteiger partial charge in [0, 0.05) is 12.0 Å². The zero-order valence-corrected chi connectivity index (χ0v) is 9.00. The molecular weight excluding hydrogens is 184 g/mol. The predicted molar refractivity (Wildman–Crippen MR) is 53.8 cm³/mol. The molecule has 0 saturated heterocycles. The fourth-order valence-electron chi connectivity index (χ4n) is 0.262. The molecule has 0 aromatic rings. The molecule has 0 aromatic heterocycles. The van der Waals surface area contributed by atoms with Gasteiger partial charge in [0.05, 0.1) is 6.61 Å². The summed E-state index contributed by atoms with van der Waals surface area (Å²) in [6, 6.07) is 0. The molecule has 0 fully saturated rings. The lowest BCUT2D eigenvalue weighted by Crippen LogP contribution is -2.08. The molecule has 0 aliphatic carbocycles. The van der Waals surface area contributed by atoms with Gasteiger partial charge in [-0.2, -0.15) is 0 Å². The van der Waals surface area contributed by atoms with Gasteiger partial charge in [-0.25, -0.2) is 4.79 Å². The van der Waals surface area contributed by atoms with Gasteiger partial charge in [-0.3, -0.25) is 0 Å². The van der Waals surface area contributed by atoms with Crippen molar-refractivity contribution in [1.82, 2.24) is 0 Å². The Balaban J connectivity index is 0. The minimum Gasteiger partial charge on any atom is -0.460 e. The van der Waals surface area contributed by atoms with Gasteiger partial charge in [0.15, 0.2) is 0 Å². The summed E-state index contributed by atoms with van der Waals surface area (Å²) in [5, 5.41) is 8.19. The number of carbonyl (C=O) groups excluding carboxylic acids is 2. The average Bonchev–Trinajstić information content (AvgIpc) is 2.14. The van der Waals surface area contributed by atoms with Crippen molar-refractivity contribution >= 4 is 11.8 Å². The number of aliphatic hydroxyl groups excluding tert-OH is 1. The molecule has 0 amide bonds. The molecule has 0 spiro atoms. The first-order chi connectivity index (χ1) is 6.45. The Kier molecular flexibility index (Phi) is 10.9. The highest BCUT2D eigenvalue weighted by Gasteiger charge is 1.99. The smallest absolute Gasteiger partial charge is 0.333 e. The highest BCUT2D eigenvalue weighted by molar-refractivity contribution is 5.86. The lowest BCUT2D eigenvalue weighted by Gasteiger charge is -1.99. The molecule has 0 aliphatic rings. The SMILES string of the molecule is C=C(C)C(=O)OCCO.CCC(C)=O. The van der Waals surface area contributed by atoms with Crippen molar-refractivity contribution in [2.24, 2.45) is 0 Å². The van der Waals surface area contributed by atoms with E-state index in [1.165, 1.54) is 0 Å². The molecule has 0 rings (SSSR count). The molecule has 14 heavy (non-hydrogen) atoms. The van der Waals surface area contributed by atoms with Crippen molar-refractivity contribution < 1.29 is 19.4 Å². The minimum atomic E-state index is -0.455. The monoisotopic (exact) mass is 202 g/mol. The lowest BCUT2D eigenvalue weighted by atomic mass is 10.4. The van der Waals surface area contributed by atoms with Crippen LogP contribution in [0.15, 0.2) is 12.2 Å². The first kappa shape index (κ1) is 15.3. The maximum Gasteiger partial charge on any atom is 0.333 e. The van der Waals surface area contributed by atoms with Crippen LogP contribution in [0.1, 0.15) is 27.2 Å². The lowest BCUT2D eigenvalue weighted by molar-refractivity contribution is -0.139. The van der Waals surface area contributed by atoms with Crippen LogP contribution in [0, 0.1) is 0 Å². The Labute approximate surface area is 84.6 Å². The van der Waals surface area contributed by atoms with Crippen LogP contribution >= 0.6 is 0 Å². The van der Waals surface area contributed by atoms with Gasteiger partial charge in [0.1, 0.15) is 12.4 Å². The molecule has 0 saturated carbocycles. The number of esters is 1. The topological polar surface area (TPSA) is 63.6 Å². The summed E-state index contributed by atoms with van der Waals surface area (Å²) in [7, 11) is 0. The predicted octanol–water partition coefficient (Wildman–Crippen LogP) is 1.08. The molecule has 4 nitrogen and oxygen atoms in total. The second-order valence-corrected chi connectivity index (χ2v) is 2.70. The van der Waals surface area contributed by atoms with Gasteiger partial charge in [-0.05, 0) is 13.8 Å². The zero-order valence-electron chi connectivity index (χ0n) is 9.00. The third-order valence-corrected chi connectivity index (χ3v) is 1.17. The maximum absolute atomic E-state index is 10.5. The first-order valence-electron chi connectivity index (χ1n) is 4.38. The summed E-state index contributed by atoms with van der Waals surface area (Å²) in [6.07, 6.45) is 0.667. The van der Waals surface area contributed by atoms with Crippen molar-refractivity contribution in [3.63, 3.8) is 0 Å². The molecular formula is C10H18O4. The second-order valence-electron chi connectivity index (χ2n) is 2.70. The van der Waals surface area contributed by atoms with E-state index in [1.54, 1.807) is 13.8 Å². The van der Waals surface area contributed by atoms with Gasteiger partial charge >= 0.3 is 5.97 Å². The molecule has 0 aliphatic heterocycles. The Morgan fingerprint density at radius 3 is 2.00 bits per heavy atom. The molecule has 0 radical (unpaired) electrons. The van der Waals surface area contributed by atoms with Gasteiger partial charge in [-0.1, -0.05) is 13.5 Å². The number of carbonyl (C=O) groups is 2. The summed E-state index contributed by atoms with van der Waals surface area (Å²) in [4.78, 5) is 20.3. The van der Waals surface area contributed by atoms with Crippen LogP contribution in [0.3, 0.4) is 0 Å². The van der Waals surface area contributed by atoms with Crippen molar-refractivity contribution in [2.45, 2.75) is 27.2 Å². The van der Waals surface area contributed by atoms with Gasteiger partial charge < -0.3 is 14.6 Å². The normalized spacial score (nSPS) is 8.29. The molecule has 0 aromatic carbocycles. The zero-order chi connectivity index (χ0) is 11.6. The van der Waals surface area contributed by atoms with E-state index in [9.17, 15) is 9.59 Å². The van der Waals surface area contributed by atoms with Gasteiger partial charge in [-0.15, -0.1) is 0 Å². The van der Waals surface area contributed by atoms with E-state index in [0.29, 0.717) is 12.0 Å². The summed E-state index contributed by atoms with van der Waals surface area (Å²) < 4.78 is 4.46. The summed E-state index contributed by atoms with van der Waals surface area (Å²) in [5.74, 6) is -0.200. The minimum absolute atomic E-state index is 0.0473. The van der Waals surface area contributed by atoms with Crippen LogP contribution in [0.2, 0.25) is 0 Å². The largest absolute Gasteiger partial charge is 0.460 e. The summed E-state index contributed by atoms with van der Waals surface area (Å²) in [6.45, 7) is 8.25. The van der Waals surface area contributed by atoms with Crippen molar-refractivity contribution in [3.05, 3.63) is 12.2 Å². The first-order valence-corrected chi connectivity index (χ1v) is 4.38. The van der Waals surface area contributed by atoms with Crippen LogP contribution in [0.4, 0.5) is 0 Å². The van der Waals surface area contributed by atoms with Crippen LogP contribution in [-0.4, -0.2) is 30.1 Å². The standard InChI is InChI=1S/C6H10O3.C4H8O/c1-5(2)6(8)9-4-3-7;1-3-4(2)5/h7H,1,3-4H2,2H3;3H2,1-2H3. The molecule has 0 atom stereocenters. The maximum atomic E-state index is 10.5. The number of hydrogen-bond acceptors (Lipinski definition) is 4. The summed E-state index contributed by atoms with van der Waals surface area (Å²) >= 11 is 0. The number of hydrogen-bond donors (Lipinski definition) is 1. The molecule has 0 heterocycles. The van der Waals surface area contributed by atoms with Crippen LogP contribution in [-0.2, 0) is 14.3 Å². The van der Waals surface area contributed by atoms with E-state index in [1.807, 2.05) is 6.92 Å². The third-order valence-electron chi connectivity index (χ3n) is 1.17. The average molecular weight is 202 g/mol.